The summed E-state index contributed by atoms with van der Waals surface area (Å²) in [4.78, 5) is 0. The standard InChI is InChI=1S/C10H23N3O2/c1-3-8(4-2)9(14)7-12-6-5-10(11)13-15/h8-9,12,14-15H,3-7H2,1-2H3,(H2,11,13). The molecule has 0 amide bonds. The molecule has 5 N–H and O–H groups in total. The van der Waals surface area contributed by atoms with Gasteiger partial charge in [0.05, 0.1) is 6.10 Å². The van der Waals surface area contributed by atoms with Gasteiger partial charge in [-0.1, -0.05) is 31.8 Å². The minimum absolute atomic E-state index is 0.208. The zero-order valence-electron chi connectivity index (χ0n) is 9.61. The van der Waals surface area contributed by atoms with Crippen molar-refractivity contribution in [3.63, 3.8) is 0 Å². The Morgan fingerprint density at radius 1 is 1.40 bits per heavy atom. The first-order valence-corrected chi connectivity index (χ1v) is 5.50. The average molecular weight is 217 g/mol. The van der Waals surface area contributed by atoms with Gasteiger partial charge in [-0.05, 0) is 5.92 Å². The number of hydrogen-bond acceptors (Lipinski definition) is 4. The first kappa shape index (κ1) is 14.2. The molecule has 0 fully saturated rings. The molecule has 0 spiro atoms. The first-order chi connectivity index (χ1) is 7.15. The summed E-state index contributed by atoms with van der Waals surface area (Å²) in [5, 5.41) is 24.0. The lowest BCUT2D eigenvalue weighted by Gasteiger charge is -2.20. The maximum absolute atomic E-state index is 9.76. The van der Waals surface area contributed by atoms with E-state index in [-0.39, 0.29) is 11.9 Å². The topological polar surface area (TPSA) is 90.9 Å². The van der Waals surface area contributed by atoms with E-state index in [4.69, 9.17) is 10.9 Å². The fourth-order valence-electron chi connectivity index (χ4n) is 1.52. The van der Waals surface area contributed by atoms with Gasteiger partial charge in [0.15, 0.2) is 0 Å². The van der Waals surface area contributed by atoms with Crippen molar-refractivity contribution in [2.24, 2.45) is 16.8 Å². The summed E-state index contributed by atoms with van der Waals surface area (Å²) in [5.41, 5.74) is 5.30. The fraction of sp³-hybridized carbons (Fsp3) is 0.900. The van der Waals surface area contributed by atoms with Crippen molar-refractivity contribution < 1.29 is 10.3 Å². The molecule has 0 aromatic heterocycles. The Morgan fingerprint density at radius 2 is 2.00 bits per heavy atom. The molecule has 90 valence electrons. The third-order valence-electron chi connectivity index (χ3n) is 2.63. The lowest BCUT2D eigenvalue weighted by Crippen LogP contribution is -2.34. The minimum Gasteiger partial charge on any atom is -0.409 e. The average Bonchev–Trinajstić information content (AvgIpc) is 2.25. The Balaban J connectivity index is 3.58. The van der Waals surface area contributed by atoms with Crippen LogP contribution in [-0.2, 0) is 0 Å². The van der Waals surface area contributed by atoms with Gasteiger partial charge in [-0.3, -0.25) is 0 Å². The second-order valence-corrected chi connectivity index (χ2v) is 3.69. The summed E-state index contributed by atoms with van der Waals surface area (Å²) in [6.07, 6.45) is 2.15. The van der Waals surface area contributed by atoms with Crippen LogP contribution in [0.5, 0.6) is 0 Å². The highest BCUT2D eigenvalue weighted by atomic mass is 16.4. The molecule has 1 unspecified atom stereocenters. The van der Waals surface area contributed by atoms with Crippen molar-refractivity contribution in [1.29, 1.82) is 0 Å². The van der Waals surface area contributed by atoms with Gasteiger partial charge in [-0.25, -0.2) is 0 Å². The predicted molar refractivity (Wildman–Crippen MR) is 61.0 cm³/mol. The lowest BCUT2D eigenvalue weighted by molar-refractivity contribution is 0.102. The molecule has 0 aromatic rings. The monoisotopic (exact) mass is 217 g/mol. The number of nitrogens with one attached hydrogen (secondary N) is 1. The van der Waals surface area contributed by atoms with Gasteiger partial charge in [-0.2, -0.15) is 0 Å². The van der Waals surface area contributed by atoms with E-state index in [0.717, 1.165) is 12.8 Å². The van der Waals surface area contributed by atoms with Crippen molar-refractivity contribution in [2.45, 2.75) is 39.2 Å². The largest absolute Gasteiger partial charge is 0.409 e. The zero-order chi connectivity index (χ0) is 11.7. The molecular weight excluding hydrogens is 194 g/mol. The van der Waals surface area contributed by atoms with Crippen LogP contribution >= 0.6 is 0 Å². The summed E-state index contributed by atoms with van der Waals surface area (Å²) in [5.74, 6) is 0.556. The molecule has 0 aliphatic heterocycles. The SMILES string of the molecule is CCC(CC)C(O)CNCCC(N)=NO. The number of nitrogens with two attached hydrogens (primary N) is 1. The summed E-state index contributed by atoms with van der Waals surface area (Å²) in [7, 11) is 0. The molecule has 0 rings (SSSR count). The first-order valence-electron chi connectivity index (χ1n) is 5.50. The van der Waals surface area contributed by atoms with Gasteiger partial charge in [0, 0.05) is 19.5 Å². The maximum atomic E-state index is 9.76. The van der Waals surface area contributed by atoms with Crippen LogP contribution in [0.3, 0.4) is 0 Å². The molecule has 5 heteroatoms. The van der Waals surface area contributed by atoms with E-state index in [1.165, 1.54) is 0 Å². The molecule has 0 aliphatic rings. The van der Waals surface area contributed by atoms with Gasteiger partial charge in [0.1, 0.15) is 5.84 Å². The van der Waals surface area contributed by atoms with Crippen LogP contribution in [0.2, 0.25) is 0 Å². The van der Waals surface area contributed by atoms with Crippen LogP contribution < -0.4 is 11.1 Å². The molecule has 0 radical (unpaired) electrons. The quantitative estimate of drug-likeness (QED) is 0.157. The predicted octanol–water partition coefficient (Wildman–Crippen LogP) is 0.510. The van der Waals surface area contributed by atoms with Crippen molar-refractivity contribution in [3.05, 3.63) is 0 Å². The maximum Gasteiger partial charge on any atom is 0.140 e. The van der Waals surface area contributed by atoms with Crippen LogP contribution in [0.1, 0.15) is 33.1 Å². The number of amidine groups is 1. The van der Waals surface area contributed by atoms with Crippen LogP contribution in [-0.4, -0.2) is 35.3 Å². The van der Waals surface area contributed by atoms with Crippen molar-refractivity contribution in [2.75, 3.05) is 13.1 Å². The third-order valence-corrected chi connectivity index (χ3v) is 2.63. The lowest BCUT2D eigenvalue weighted by atomic mass is 9.96. The molecule has 0 aliphatic carbocycles. The molecule has 0 aromatic carbocycles. The molecule has 0 saturated carbocycles. The highest BCUT2D eigenvalue weighted by molar-refractivity contribution is 5.79. The smallest absolute Gasteiger partial charge is 0.140 e. The molecule has 5 nitrogen and oxygen atoms in total. The van der Waals surface area contributed by atoms with Crippen molar-refractivity contribution >= 4 is 5.84 Å². The number of hydrogen-bond donors (Lipinski definition) is 4. The number of rotatable bonds is 8. The van der Waals surface area contributed by atoms with Crippen molar-refractivity contribution in [1.82, 2.24) is 5.32 Å². The Morgan fingerprint density at radius 3 is 2.47 bits per heavy atom. The number of aliphatic hydroxyl groups excluding tert-OH is 1. The minimum atomic E-state index is -0.313. The van der Waals surface area contributed by atoms with Crippen LogP contribution in [0, 0.1) is 5.92 Å². The summed E-state index contributed by atoms with van der Waals surface area (Å²) < 4.78 is 0. The van der Waals surface area contributed by atoms with E-state index in [0.29, 0.717) is 25.4 Å². The van der Waals surface area contributed by atoms with Gasteiger partial charge < -0.3 is 21.4 Å². The van der Waals surface area contributed by atoms with E-state index in [9.17, 15) is 5.11 Å². The molecule has 0 heterocycles. The normalized spacial score (nSPS) is 14.5. The molecule has 15 heavy (non-hydrogen) atoms. The van der Waals surface area contributed by atoms with E-state index in [2.05, 4.69) is 24.3 Å². The van der Waals surface area contributed by atoms with E-state index >= 15 is 0 Å². The molecular formula is C10H23N3O2. The second-order valence-electron chi connectivity index (χ2n) is 3.69. The van der Waals surface area contributed by atoms with Gasteiger partial charge >= 0.3 is 0 Å². The number of oxime groups is 1. The number of aliphatic hydroxyl groups is 1. The van der Waals surface area contributed by atoms with Crippen molar-refractivity contribution in [3.8, 4) is 0 Å². The second kappa shape index (κ2) is 8.49. The Labute approximate surface area is 91.4 Å². The molecule has 0 bridgehead atoms. The van der Waals surface area contributed by atoms with E-state index in [1.54, 1.807) is 0 Å². The van der Waals surface area contributed by atoms with Crippen LogP contribution in [0.15, 0.2) is 5.16 Å². The van der Waals surface area contributed by atoms with Gasteiger partial charge in [0.2, 0.25) is 0 Å². The summed E-state index contributed by atoms with van der Waals surface area (Å²) >= 11 is 0. The van der Waals surface area contributed by atoms with E-state index < -0.39 is 0 Å². The third kappa shape index (κ3) is 6.30. The highest BCUT2D eigenvalue weighted by Crippen LogP contribution is 2.11. The van der Waals surface area contributed by atoms with Gasteiger partial charge in [-0.15, -0.1) is 0 Å². The van der Waals surface area contributed by atoms with Crippen LogP contribution in [0.4, 0.5) is 0 Å². The number of nitrogens with zero attached hydrogens (tertiary/aromatic N) is 1. The Hall–Kier alpha value is -0.810. The Bertz CT molecular complexity index is 182. The van der Waals surface area contributed by atoms with Gasteiger partial charge in [0.25, 0.3) is 0 Å². The van der Waals surface area contributed by atoms with Crippen LogP contribution in [0.25, 0.3) is 0 Å². The zero-order valence-corrected chi connectivity index (χ0v) is 9.61. The Kier molecular flexibility index (Phi) is 8.04. The fourth-order valence-corrected chi connectivity index (χ4v) is 1.52. The summed E-state index contributed by atoms with van der Waals surface area (Å²) in [6.45, 7) is 5.33. The summed E-state index contributed by atoms with van der Waals surface area (Å²) in [6, 6.07) is 0. The highest BCUT2D eigenvalue weighted by Gasteiger charge is 2.14. The molecule has 1 atom stereocenters. The molecule has 0 saturated heterocycles. The van der Waals surface area contributed by atoms with E-state index in [1.807, 2.05) is 0 Å².